The third-order valence-electron chi connectivity index (χ3n) is 3.49. The van der Waals surface area contributed by atoms with Gasteiger partial charge in [0.1, 0.15) is 5.76 Å². The number of hydrogen-bond acceptors (Lipinski definition) is 4. The smallest absolute Gasteiger partial charge is 0.227 e. The van der Waals surface area contributed by atoms with E-state index >= 15 is 0 Å². The molecule has 20 heavy (non-hydrogen) atoms. The summed E-state index contributed by atoms with van der Waals surface area (Å²) in [6.07, 6.45) is 3.22. The number of carbonyl (C=O) groups excluding carboxylic acids is 1. The lowest BCUT2D eigenvalue weighted by molar-refractivity contribution is -0.130. The van der Waals surface area contributed by atoms with Crippen LogP contribution < -0.4 is 0 Å². The molecule has 2 aromatic heterocycles. The fraction of sp³-hybridized carbons (Fsp3) is 0.400. The molecule has 1 fully saturated rings. The lowest BCUT2D eigenvalue weighted by Gasteiger charge is -2.19. The maximum atomic E-state index is 12.3. The van der Waals surface area contributed by atoms with Gasteiger partial charge in [0.05, 0.1) is 17.9 Å². The van der Waals surface area contributed by atoms with Crippen LogP contribution in [0.2, 0.25) is 0 Å². The molecule has 2 aromatic rings. The predicted octanol–water partition coefficient (Wildman–Crippen LogP) is 3.59. The van der Waals surface area contributed by atoms with Crippen LogP contribution in [0, 0.1) is 0 Å². The van der Waals surface area contributed by atoms with Crippen molar-refractivity contribution >= 4 is 29.0 Å². The Morgan fingerprint density at radius 1 is 1.40 bits per heavy atom. The maximum Gasteiger partial charge on any atom is 0.227 e. The topological polar surface area (TPSA) is 33.5 Å². The van der Waals surface area contributed by atoms with Crippen LogP contribution in [0.4, 0.5) is 0 Å². The Hall–Kier alpha value is -1.20. The lowest BCUT2D eigenvalue weighted by atomic mass is 10.2. The zero-order valence-electron chi connectivity index (χ0n) is 11.2. The molecule has 1 aliphatic rings. The summed E-state index contributed by atoms with van der Waals surface area (Å²) in [4.78, 5) is 14.3. The fourth-order valence-electron chi connectivity index (χ4n) is 2.40. The van der Waals surface area contributed by atoms with E-state index in [-0.39, 0.29) is 5.91 Å². The standard InChI is InChI=1S/C15H17NO2S2/c17-15(10-12-4-8-19-11-12)16-5-3-14(20-9-6-16)13-2-1-7-18-13/h1-2,4,7-8,11,14H,3,5-6,9-10H2/t14-/m0/s1. The van der Waals surface area contributed by atoms with Crippen molar-refractivity contribution in [2.24, 2.45) is 0 Å². The van der Waals surface area contributed by atoms with Crippen molar-refractivity contribution in [3.05, 3.63) is 46.5 Å². The summed E-state index contributed by atoms with van der Waals surface area (Å²) >= 11 is 3.53. The van der Waals surface area contributed by atoms with Crippen LogP contribution in [-0.2, 0) is 11.2 Å². The van der Waals surface area contributed by atoms with Crippen molar-refractivity contribution < 1.29 is 9.21 Å². The molecule has 1 saturated heterocycles. The summed E-state index contributed by atoms with van der Waals surface area (Å²) in [6, 6.07) is 5.99. The highest BCUT2D eigenvalue weighted by molar-refractivity contribution is 7.99. The molecule has 1 amide bonds. The van der Waals surface area contributed by atoms with E-state index in [1.54, 1.807) is 17.6 Å². The first kappa shape index (κ1) is 13.8. The van der Waals surface area contributed by atoms with E-state index in [1.807, 2.05) is 40.2 Å². The van der Waals surface area contributed by atoms with E-state index in [1.165, 1.54) is 0 Å². The minimum absolute atomic E-state index is 0.240. The molecule has 0 bridgehead atoms. The molecule has 0 spiro atoms. The summed E-state index contributed by atoms with van der Waals surface area (Å²) in [5.41, 5.74) is 1.12. The van der Waals surface area contributed by atoms with Crippen molar-refractivity contribution in [3.63, 3.8) is 0 Å². The Morgan fingerprint density at radius 3 is 3.10 bits per heavy atom. The zero-order chi connectivity index (χ0) is 13.8. The fourth-order valence-corrected chi connectivity index (χ4v) is 4.25. The summed E-state index contributed by atoms with van der Waals surface area (Å²) in [5, 5.41) is 4.45. The summed E-state index contributed by atoms with van der Waals surface area (Å²) in [5.74, 6) is 2.24. The van der Waals surface area contributed by atoms with Gasteiger partial charge in [-0.25, -0.2) is 0 Å². The molecule has 1 atom stereocenters. The first-order valence-corrected chi connectivity index (χ1v) is 8.76. The van der Waals surface area contributed by atoms with E-state index in [0.29, 0.717) is 11.7 Å². The molecule has 0 unspecified atom stereocenters. The van der Waals surface area contributed by atoms with Crippen molar-refractivity contribution in [2.75, 3.05) is 18.8 Å². The Kier molecular flexibility index (Phi) is 4.47. The molecule has 0 saturated carbocycles. The first-order valence-electron chi connectivity index (χ1n) is 6.77. The largest absolute Gasteiger partial charge is 0.468 e. The summed E-state index contributed by atoms with van der Waals surface area (Å²) < 4.78 is 5.49. The second kappa shape index (κ2) is 6.50. The van der Waals surface area contributed by atoms with E-state index in [4.69, 9.17) is 4.42 Å². The Bertz CT molecular complexity index is 536. The van der Waals surface area contributed by atoms with Gasteiger partial charge in [-0.2, -0.15) is 11.3 Å². The van der Waals surface area contributed by atoms with E-state index in [9.17, 15) is 4.79 Å². The van der Waals surface area contributed by atoms with Gasteiger partial charge in [0.15, 0.2) is 0 Å². The van der Waals surface area contributed by atoms with Crippen LogP contribution in [0.5, 0.6) is 0 Å². The maximum absolute atomic E-state index is 12.3. The van der Waals surface area contributed by atoms with Crippen LogP contribution in [0.1, 0.15) is 23.0 Å². The van der Waals surface area contributed by atoms with Crippen LogP contribution in [0.15, 0.2) is 39.6 Å². The number of furan rings is 1. The zero-order valence-corrected chi connectivity index (χ0v) is 12.8. The van der Waals surface area contributed by atoms with Gasteiger partial charge in [-0.05, 0) is 40.9 Å². The van der Waals surface area contributed by atoms with E-state index in [0.717, 1.165) is 36.6 Å². The minimum Gasteiger partial charge on any atom is -0.468 e. The quantitative estimate of drug-likeness (QED) is 0.869. The minimum atomic E-state index is 0.240. The third-order valence-corrected chi connectivity index (χ3v) is 5.51. The number of rotatable bonds is 3. The lowest BCUT2D eigenvalue weighted by Crippen LogP contribution is -2.34. The number of hydrogen-bond donors (Lipinski definition) is 0. The molecule has 0 aliphatic carbocycles. The van der Waals surface area contributed by atoms with Crippen molar-refractivity contribution in [3.8, 4) is 0 Å². The van der Waals surface area contributed by atoms with Crippen molar-refractivity contribution in [1.82, 2.24) is 4.90 Å². The Morgan fingerprint density at radius 2 is 2.35 bits per heavy atom. The van der Waals surface area contributed by atoms with Gasteiger partial charge >= 0.3 is 0 Å². The highest BCUT2D eigenvalue weighted by Gasteiger charge is 2.23. The van der Waals surface area contributed by atoms with Crippen LogP contribution in [-0.4, -0.2) is 29.6 Å². The highest BCUT2D eigenvalue weighted by Crippen LogP contribution is 2.34. The van der Waals surface area contributed by atoms with Gasteiger partial charge in [0, 0.05) is 18.8 Å². The van der Waals surface area contributed by atoms with Gasteiger partial charge in [0.2, 0.25) is 5.91 Å². The first-order chi connectivity index (χ1) is 9.83. The van der Waals surface area contributed by atoms with Crippen LogP contribution >= 0.6 is 23.1 Å². The molecule has 106 valence electrons. The molecule has 0 radical (unpaired) electrons. The normalized spacial score (nSPS) is 19.8. The number of carbonyl (C=O) groups is 1. The van der Waals surface area contributed by atoms with Gasteiger partial charge in [-0.15, -0.1) is 11.8 Å². The molecule has 3 nitrogen and oxygen atoms in total. The highest BCUT2D eigenvalue weighted by atomic mass is 32.2. The molecule has 5 heteroatoms. The summed E-state index contributed by atoms with van der Waals surface area (Å²) in [6.45, 7) is 1.66. The van der Waals surface area contributed by atoms with E-state index < -0.39 is 0 Å². The molecule has 3 heterocycles. The van der Waals surface area contributed by atoms with Gasteiger partial charge in [-0.1, -0.05) is 0 Å². The predicted molar refractivity (Wildman–Crippen MR) is 83.1 cm³/mol. The average Bonchev–Trinajstić information content (AvgIpc) is 3.09. The van der Waals surface area contributed by atoms with Crippen molar-refractivity contribution in [1.29, 1.82) is 0 Å². The van der Waals surface area contributed by atoms with Crippen molar-refractivity contribution in [2.45, 2.75) is 18.1 Å². The van der Waals surface area contributed by atoms with E-state index in [2.05, 4.69) is 5.38 Å². The molecule has 3 rings (SSSR count). The van der Waals surface area contributed by atoms with Gasteiger partial charge in [-0.3, -0.25) is 4.79 Å². The number of amides is 1. The number of thiophene rings is 1. The molecular formula is C15H17NO2S2. The SMILES string of the molecule is O=C(Cc1ccsc1)N1CCS[C@H](c2ccco2)CC1. The van der Waals surface area contributed by atoms with Gasteiger partial charge < -0.3 is 9.32 Å². The number of thioether (sulfide) groups is 1. The van der Waals surface area contributed by atoms with Crippen LogP contribution in [0.25, 0.3) is 0 Å². The molecular weight excluding hydrogens is 290 g/mol. The van der Waals surface area contributed by atoms with Crippen LogP contribution in [0.3, 0.4) is 0 Å². The third kappa shape index (κ3) is 3.27. The monoisotopic (exact) mass is 307 g/mol. The molecule has 0 N–H and O–H groups in total. The van der Waals surface area contributed by atoms with Gasteiger partial charge in [0.25, 0.3) is 0 Å². The Balaban J connectivity index is 1.58. The second-order valence-electron chi connectivity index (χ2n) is 4.85. The Labute approximate surface area is 127 Å². The number of nitrogens with zero attached hydrogens (tertiary/aromatic N) is 1. The second-order valence-corrected chi connectivity index (χ2v) is 6.94. The molecule has 1 aliphatic heterocycles. The average molecular weight is 307 g/mol. The molecule has 0 aromatic carbocycles. The summed E-state index contributed by atoms with van der Waals surface area (Å²) in [7, 11) is 0.